The summed E-state index contributed by atoms with van der Waals surface area (Å²) in [5.74, 6) is 0.855. The third-order valence-electron chi connectivity index (χ3n) is 3.89. The van der Waals surface area contributed by atoms with E-state index in [2.05, 4.69) is 60.3 Å². The normalized spacial score (nSPS) is 23.0. The average molecular weight is 374 g/mol. The van der Waals surface area contributed by atoms with E-state index in [0.29, 0.717) is 6.04 Å². The number of nitrogens with zero attached hydrogens (tertiary/aromatic N) is 1. The maximum Gasteiger partial charge on any atom is 0.0388 e. The highest BCUT2D eigenvalue weighted by Gasteiger charge is 2.37. The van der Waals surface area contributed by atoms with Gasteiger partial charge in [0.1, 0.15) is 0 Å². The van der Waals surface area contributed by atoms with Crippen LogP contribution in [0.5, 0.6) is 0 Å². The topological polar surface area (TPSA) is 15.3 Å². The van der Waals surface area contributed by atoms with Gasteiger partial charge in [-0.15, -0.1) is 0 Å². The summed E-state index contributed by atoms with van der Waals surface area (Å²) in [6.45, 7) is 4.57. The van der Waals surface area contributed by atoms with Crippen LogP contribution in [-0.4, -0.2) is 31.1 Å². The fraction of sp³-hybridized carbons (Fsp3) is 0.571. The molecule has 2 nitrogen and oxygen atoms in total. The minimum absolute atomic E-state index is 0.596. The monoisotopic (exact) mass is 372 g/mol. The molecule has 2 fully saturated rings. The average Bonchev–Trinajstić information content (AvgIpc) is 3.20. The highest BCUT2D eigenvalue weighted by molar-refractivity contribution is 9.11. The summed E-state index contributed by atoms with van der Waals surface area (Å²) in [7, 11) is 0. The van der Waals surface area contributed by atoms with Crippen LogP contribution in [0.2, 0.25) is 0 Å². The second kappa shape index (κ2) is 5.61. The Bertz CT molecular complexity index is 426. The molecule has 1 heterocycles. The highest BCUT2D eigenvalue weighted by Crippen LogP contribution is 2.46. The molecule has 4 heteroatoms. The van der Waals surface area contributed by atoms with Crippen molar-refractivity contribution in [1.29, 1.82) is 0 Å². The molecule has 0 amide bonds. The lowest BCUT2D eigenvalue weighted by Crippen LogP contribution is -2.45. The quantitative estimate of drug-likeness (QED) is 0.871. The summed E-state index contributed by atoms with van der Waals surface area (Å²) >= 11 is 7.34. The summed E-state index contributed by atoms with van der Waals surface area (Å²) in [4.78, 5) is 2.65. The molecule has 1 aromatic rings. The van der Waals surface area contributed by atoms with Crippen LogP contribution in [0.4, 0.5) is 0 Å². The van der Waals surface area contributed by atoms with Crippen molar-refractivity contribution in [3.8, 4) is 0 Å². The van der Waals surface area contributed by atoms with Crippen molar-refractivity contribution in [3.63, 3.8) is 0 Å². The molecule has 0 radical (unpaired) electrons. The smallest absolute Gasteiger partial charge is 0.0388 e. The van der Waals surface area contributed by atoms with Crippen LogP contribution in [-0.2, 0) is 0 Å². The molecule has 0 spiro atoms. The molecule has 1 aliphatic carbocycles. The maximum absolute atomic E-state index is 3.73. The lowest BCUT2D eigenvalue weighted by atomic mass is 10.00. The van der Waals surface area contributed by atoms with Crippen molar-refractivity contribution in [2.45, 2.75) is 18.9 Å². The van der Waals surface area contributed by atoms with Crippen molar-refractivity contribution in [2.75, 3.05) is 26.2 Å². The van der Waals surface area contributed by atoms with Gasteiger partial charge in [-0.2, -0.15) is 0 Å². The van der Waals surface area contributed by atoms with E-state index in [1.165, 1.54) is 40.4 Å². The van der Waals surface area contributed by atoms with Crippen molar-refractivity contribution in [1.82, 2.24) is 10.2 Å². The zero-order valence-corrected chi connectivity index (χ0v) is 13.5. The van der Waals surface area contributed by atoms with Gasteiger partial charge < -0.3 is 5.32 Å². The minimum Gasteiger partial charge on any atom is -0.314 e. The van der Waals surface area contributed by atoms with Crippen LogP contribution in [0.1, 0.15) is 24.4 Å². The molecule has 1 saturated heterocycles. The SMILES string of the molecule is Brc1ccc(Br)c([C@@H](C2CC2)N2CCNCC2)c1. The first-order valence-corrected chi connectivity index (χ1v) is 8.24. The molecule has 1 saturated carbocycles. The second-order valence-corrected chi connectivity index (χ2v) is 7.00. The van der Waals surface area contributed by atoms with E-state index < -0.39 is 0 Å². The van der Waals surface area contributed by atoms with Crippen LogP contribution in [0, 0.1) is 5.92 Å². The number of piperazine rings is 1. The zero-order valence-electron chi connectivity index (χ0n) is 10.3. The molecular formula is C14H18Br2N2. The van der Waals surface area contributed by atoms with Crippen LogP contribution < -0.4 is 5.32 Å². The van der Waals surface area contributed by atoms with Gasteiger partial charge in [0.25, 0.3) is 0 Å². The predicted octanol–water partition coefficient (Wildman–Crippen LogP) is 3.57. The molecule has 98 valence electrons. The first-order chi connectivity index (χ1) is 8.75. The number of nitrogens with one attached hydrogen (secondary N) is 1. The van der Waals surface area contributed by atoms with Crippen LogP contribution in [0.15, 0.2) is 27.1 Å². The first-order valence-electron chi connectivity index (χ1n) is 6.65. The van der Waals surface area contributed by atoms with Gasteiger partial charge in [-0.1, -0.05) is 31.9 Å². The van der Waals surface area contributed by atoms with E-state index in [1.54, 1.807) is 0 Å². The Labute approximate surface area is 125 Å². The Balaban J connectivity index is 1.90. The molecule has 1 aliphatic heterocycles. The van der Waals surface area contributed by atoms with Gasteiger partial charge >= 0.3 is 0 Å². The predicted molar refractivity (Wildman–Crippen MR) is 81.7 cm³/mol. The highest BCUT2D eigenvalue weighted by atomic mass is 79.9. The third-order valence-corrected chi connectivity index (χ3v) is 5.11. The largest absolute Gasteiger partial charge is 0.314 e. The molecule has 0 aromatic heterocycles. The number of halogens is 2. The fourth-order valence-electron chi connectivity index (χ4n) is 2.86. The zero-order chi connectivity index (χ0) is 12.5. The van der Waals surface area contributed by atoms with Crippen molar-refractivity contribution in [3.05, 3.63) is 32.7 Å². The standard InChI is InChI=1S/C14H18Br2N2/c15-11-3-4-13(16)12(9-11)14(10-1-2-10)18-7-5-17-6-8-18/h3-4,9-10,14,17H,1-2,5-8H2/t14-/m1/s1. The fourth-order valence-corrected chi connectivity index (χ4v) is 3.72. The van der Waals surface area contributed by atoms with E-state index in [9.17, 15) is 0 Å². The summed E-state index contributed by atoms with van der Waals surface area (Å²) in [6.07, 6.45) is 2.76. The number of hydrogen-bond acceptors (Lipinski definition) is 2. The van der Waals surface area contributed by atoms with E-state index in [1.807, 2.05) is 0 Å². The molecular weight excluding hydrogens is 356 g/mol. The molecule has 0 unspecified atom stereocenters. The van der Waals surface area contributed by atoms with Crippen LogP contribution >= 0.6 is 31.9 Å². The molecule has 3 rings (SSSR count). The molecule has 1 atom stereocenters. The second-order valence-electron chi connectivity index (χ2n) is 5.23. The molecule has 18 heavy (non-hydrogen) atoms. The van der Waals surface area contributed by atoms with Crippen molar-refractivity contribution < 1.29 is 0 Å². The third kappa shape index (κ3) is 2.82. The van der Waals surface area contributed by atoms with Crippen molar-refractivity contribution >= 4 is 31.9 Å². The molecule has 0 bridgehead atoms. The summed E-state index contributed by atoms with van der Waals surface area (Å²) in [5, 5.41) is 3.44. The Morgan fingerprint density at radius 1 is 1.17 bits per heavy atom. The van der Waals surface area contributed by atoms with E-state index in [-0.39, 0.29) is 0 Å². The molecule has 2 aliphatic rings. The number of rotatable bonds is 3. The van der Waals surface area contributed by atoms with Crippen LogP contribution in [0.25, 0.3) is 0 Å². The lowest BCUT2D eigenvalue weighted by molar-refractivity contribution is 0.155. The lowest BCUT2D eigenvalue weighted by Gasteiger charge is -2.36. The van der Waals surface area contributed by atoms with Gasteiger partial charge in [-0.3, -0.25) is 4.90 Å². The Morgan fingerprint density at radius 2 is 1.89 bits per heavy atom. The number of benzene rings is 1. The van der Waals surface area contributed by atoms with E-state index in [0.717, 1.165) is 19.0 Å². The van der Waals surface area contributed by atoms with E-state index >= 15 is 0 Å². The Hall–Kier alpha value is 0.1000. The first kappa shape index (κ1) is 13.1. The van der Waals surface area contributed by atoms with Crippen LogP contribution in [0.3, 0.4) is 0 Å². The van der Waals surface area contributed by atoms with Gasteiger partial charge in [0.15, 0.2) is 0 Å². The Morgan fingerprint density at radius 3 is 2.56 bits per heavy atom. The summed E-state index contributed by atoms with van der Waals surface area (Å²) in [5.41, 5.74) is 1.45. The van der Waals surface area contributed by atoms with E-state index in [4.69, 9.17) is 0 Å². The van der Waals surface area contributed by atoms with Gasteiger partial charge in [-0.05, 0) is 42.5 Å². The minimum atomic E-state index is 0.596. The van der Waals surface area contributed by atoms with Gasteiger partial charge in [0.05, 0.1) is 0 Å². The summed E-state index contributed by atoms with van der Waals surface area (Å²) < 4.78 is 2.43. The van der Waals surface area contributed by atoms with Gasteiger partial charge in [0, 0.05) is 41.2 Å². The van der Waals surface area contributed by atoms with Gasteiger partial charge in [0.2, 0.25) is 0 Å². The van der Waals surface area contributed by atoms with Crippen molar-refractivity contribution in [2.24, 2.45) is 5.92 Å². The maximum atomic E-state index is 3.73. The Kier molecular flexibility index (Phi) is 4.09. The molecule has 1 aromatic carbocycles. The van der Waals surface area contributed by atoms with Gasteiger partial charge in [-0.25, -0.2) is 0 Å². The molecule has 1 N–H and O–H groups in total. The number of hydrogen-bond donors (Lipinski definition) is 1. The summed E-state index contributed by atoms with van der Waals surface area (Å²) in [6, 6.07) is 7.15.